The molecule has 1 saturated heterocycles. The topological polar surface area (TPSA) is 57.4 Å². The molecule has 0 saturated carbocycles. The quantitative estimate of drug-likeness (QED) is 0.850. The minimum absolute atomic E-state index is 0.200. The molecule has 1 aliphatic rings. The van der Waals surface area contributed by atoms with Crippen LogP contribution in [0.4, 0.5) is 11.4 Å². The average molecular weight is 329 g/mol. The molecule has 6 heteroatoms. The lowest BCUT2D eigenvalue weighted by Crippen LogP contribution is -2.36. The molecule has 0 atom stereocenters. The van der Waals surface area contributed by atoms with Crippen LogP contribution >= 0.6 is 12.2 Å². The van der Waals surface area contributed by atoms with Crippen molar-refractivity contribution in [1.82, 2.24) is 4.98 Å². The van der Waals surface area contributed by atoms with E-state index in [2.05, 4.69) is 21.3 Å². The van der Waals surface area contributed by atoms with Gasteiger partial charge in [-0.05, 0) is 42.8 Å². The number of nitrogens with zero attached hydrogens (tertiary/aromatic N) is 1. The first kappa shape index (κ1) is 15.7. The number of aryl methyl sites for hydroxylation is 1. The van der Waals surface area contributed by atoms with Crippen molar-refractivity contribution >= 4 is 29.5 Å². The molecular weight excluding hydrogens is 310 g/mol. The van der Waals surface area contributed by atoms with E-state index in [1.807, 2.05) is 19.1 Å². The zero-order valence-corrected chi connectivity index (χ0v) is 13.8. The Morgan fingerprint density at radius 2 is 2.09 bits per heavy atom. The molecule has 2 aromatic rings. The predicted octanol–water partition coefficient (Wildman–Crippen LogP) is 3.14. The van der Waals surface area contributed by atoms with Crippen LogP contribution in [0.25, 0.3) is 0 Å². The monoisotopic (exact) mass is 329 g/mol. The van der Waals surface area contributed by atoms with Crippen LogP contribution in [-0.4, -0.2) is 37.2 Å². The van der Waals surface area contributed by atoms with Gasteiger partial charge in [-0.3, -0.25) is 4.79 Å². The second kappa shape index (κ2) is 6.93. The summed E-state index contributed by atoms with van der Waals surface area (Å²) in [4.78, 5) is 17.5. The van der Waals surface area contributed by atoms with Gasteiger partial charge in [-0.2, -0.15) is 0 Å². The van der Waals surface area contributed by atoms with E-state index in [0.717, 1.165) is 43.2 Å². The highest BCUT2D eigenvalue weighted by Crippen LogP contribution is 2.24. The summed E-state index contributed by atoms with van der Waals surface area (Å²) < 4.78 is 5.81. The Morgan fingerprint density at radius 3 is 2.78 bits per heavy atom. The summed E-state index contributed by atoms with van der Waals surface area (Å²) in [5, 5.41) is 2.93. The Morgan fingerprint density at radius 1 is 1.30 bits per heavy atom. The van der Waals surface area contributed by atoms with Crippen LogP contribution in [0.15, 0.2) is 36.5 Å². The number of ether oxygens (including phenoxy) is 1. The van der Waals surface area contributed by atoms with Crippen molar-refractivity contribution in [3.05, 3.63) is 52.3 Å². The summed E-state index contributed by atoms with van der Waals surface area (Å²) in [6.45, 7) is 5.28. The number of H-pyrrole nitrogens is 1. The molecule has 5 nitrogen and oxygen atoms in total. The highest BCUT2D eigenvalue weighted by atomic mass is 32.1. The van der Waals surface area contributed by atoms with E-state index < -0.39 is 0 Å². The number of pyridine rings is 1. The maximum Gasteiger partial charge on any atom is 0.258 e. The summed E-state index contributed by atoms with van der Waals surface area (Å²) in [7, 11) is 0. The molecule has 1 aliphatic heterocycles. The number of hydrogen-bond acceptors (Lipinski definition) is 4. The Labute approximate surface area is 140 Å². The summed E-state index contributed by atoms with van der Waals surface area (Å²) in [6, 6.07) is 9.53. The van der Waals surface area contributed by atoms with E-state index in [1.54, 1.807) is 18.3 Å². The Hall–Kier alpha value is -2.18. The number of amides is 1. The third-order valence-electron chi connectivity index (χ3n) is 3.90. The van der Waals surface area contributed by atoms with Gasteiger partial charge in [-0.1, -0.05) is 12.2 Å². The standard InChI is InChI=1S/C17H19N3O2S/c1-12-11-13(20-7-9-22-10-8-20)4-5-15(12)19-16(21)14-3-2-6-18-17(14)23/h2-6,11H,7-10H2,1H3,(H,18,23)(H,19,21). The Bertz CT molecular complexity index is 766. The number of benzene rings is 1. The largest absolute Gasteiger partial charge is 0.378 e. The first-order valence-electron chi connectivity index (χ1n) is 7.57. The molecule has 1 fully saturated rings. The molecule has 0 aliphatic carbocycles. The predicted molar refractivity (Wildman–Crippen MR) is 93.8 cm³/mol. The zero-order valence-electron chi connectivity index (χ0n) is 13.0. The fourth-order valence-electron chi connectivity index (χ4n) is 2.60. The first-order chi connectivity index (χ1) is 11.1. The van der Waals surface area contributed by atoms with Crippen LogP contribution in [-0.2, 0) is 4.74 Å². The number of nitrogens with one attached hydrogen (secondary N) is 2. The lowest BCUT2D eigenvalue weighted by Gasteiger charge is -2.29. The fraction of sp³-hybridized carbons (Fsp3) is 0.294. The number of hydrogen-bond donors (Lipinski definition) is 2. The minimum atomic E-state index is -0.200. The van der Waals surface area contributed by atoms with Crippen molar-refractivity contribution < 1.29 is 9.53 Å². The molecule has 1 aromatic carbocycles. The maximum absolute atomic E-state index is 12.3. The van der Waals surface area contributed by atoms with Gasteiger partial charge < -0.3 is 19.9 Å². The Kier molecular flexibility index (Phi) is 4.73. The van der Waals surface area contributed by atoms with Crippen LogP contribution in [0.1, 0.15) is 15.9 Å². The van der Waals surface area contributed by atoms with Crippen LogP contribution in [0.3, 0.4) is 0 Å². The van der Waals surface area contributed by atoms with Crippen LogP contribution < -0.4 is 10.2 Å². The number of aromatic nitrogens is 1. The average Bonchev–Trinajstić information content (AvgIpc) is 2.58. The van der Waals surface area contributed by atoms with Gasteiger partial charge >= 0.3 is 0 Å². The van der Waals surface area contributed by atoms with Crippen molar-refractivity contribution in [3.8, 4) is 0 Å². The van der Waals surface area contributed by atoms with E-state index in [1.165, 1.54) is 0 Å². The molecule has 0 unspecified atom stereocenters. The van der Waals surface area contributed by atoms with E-state index in [4.69, 9.17) is 17.0 Å². The number of aromatic amines is 1. The minimum Gasteiger partial charge on any atom is -0.378 e. The van der Waals surface area contributed by atoms with Gasteiger partial charge in [0, 0.05) is 30.7 Å². The molecule has 2 heterocycles. The summed E-state index contributed by atoms with van der Waals surface area (Å²) >= 11 is 5.15. The van der Waals surface area contributed by atoms with Gasteiger partial charge in [0.05, 0.1) is 18.8 Å². The van der Waals surface area contributed by atoms with Crippen LogP contribution in [0.5, 0.6) is 0 Å². The van der Waals surface area contributed by atoms with E-state index in [9.17, 15) is 4.79 Å². The zero-order chi connectivity index (χ0) is 16.2. The smallest absolute Gasteiger partial charge is 0.258 e. The Balaban J connectivity index is 1.77. The van der Waals surface area contributed by atoms with Crippen molar-refractivity contribution in [2.24, 2.45) is 0 Å². The van der Waals surface area contributed by atoms with Crippen molar-refractivity contribution in [3.63, 3.8) is 0 Å². The first-order valence-corrected chi connectivity index (χ1v) is 7.98. The lowest BCUT2D eigenvalue weighted by atomic mass is 10.1. The van der Waals surface area contributed by atoms with Crippen molar-refractivity contribution in [2.45, 2.75) is 6.92 Å². The highest BCUT2D eigenvalue weighted by molar-refractivity contribution is 7.71. The van der Waals surface area contributed by atoms with Gasteiger partial charge in [0.15, 0.2) is 0 Å². The summed E-state index contributed by atoms with van der Waals surface area (Å²) in [5.74, 6) is -0.200. The lowest BCUT2D eigenvalue weighted by molar-refractivity contribution is 0.102. The third kappa shape index (κ3) is 3.60. The normalized spacial score (nSPS) is 14.6. The van der Waals surface area contributed by atoms with Crippen molar-refractivity contribution in [1.29, 1.82) is 0 Å². The number of anilines is 2. The third-order valence-corrected chi connectivity index (χ3v) is 4.23. The molecular formula is C17H19N3O2S. The fourth-order valence-corrected chi connectivity index (χ4v) is 2.83. The number of rotatable bonds is 3. The molecule has 120 valence electrons. The number of morpholine rings is 1. The van der Waals surface area contributed by atoms with Gasteiger partial charge in [-0.25, -0.2) is 0 Å². The SMILES string of the molecule is Cc1cc(N2CCOCC2)ccc1NC(=O)c1ccc[nH]c1=S. The van der Waals surface area contributed by atoms with Gasteiger partial charge in [0.1, 0.15) is 4.64 Å². The molecule has 23 heavy (non-hydrogen) atoms. The molecule has 0 radical (unpaired) electrons. The van der Waals surface area contributed by atoms with E-state index >= 15 is 0 Å². The molecule has 3 rings (SSSR count). The van der Waals surface area contributed by atoms with Crippen LogP contribution in [0, 0.1) is 11.6 Å². The summed E-state index contributed by atoms with van der Waals surface area (Å²) in [6.07, 6.45) is 1.71. The summed E-state index contributed by atoms with van der Waals surface area (Å²) in [5.41, 5.74) is 3.44. The van der Waals surface area contributed by atoms with E-state index in [-0.39, 0.29) is 5.91 Å². The second-order valence-electron chi connectivity index (χ2n) is 5.47. The second-order valence-corrected chi connectivity index (χ2v) is 5.87. The van der Waals surface area contributed by atoms with Gasteiger partial charge in [0.2, 0.25) is 0 Å². The molecule has 0 spiro atoms. The maximum atomic E-state index is 12.3. The number of carbonyl (C=O) groups is 1. The van der Waals surface area contributed by atoms with Gasteiger partial charge in [0.25, 0.3) is 5.91 Å². The van der Waals surface area contributed by atoms with Gasteiger partial charge in [-0.15, -0.1) is 0 Å². The molecule has 2 N–H and O–H groups in total. The molecule has 1 aromatic heterocycles. The van der Waals surface area contributed by atoms with Crippen molar-refractivity contribution in [2.75, 3.05) is 36.5 Å². The number of carbonyl (C=O) groups excluding carboxylic acids is 1. The highest BCUT2D eigenvalue weighted by Gasteiger charge is 2.13. The van der Waals surface area contributed by atoms with E-state index in [0.29, 0.717) is 10.2 Å². The molecule has 0 bridgehead atoms. The molecule has 1 amide bonds. The van der Waals surface area contributed by atoms with Crippen LogP contribution in [0.2, 0.25) is 0 Å².